The van der Waals surface area contributed by atoms with E-state index in [1.807, 2.05) is 28.5 Å². The average Bonchev–Trinajstić information content (AvgIpc) is 3.24. The van der Waals surface area contributed by atoms with E-state index in [2.05, 4.69) is 17.0 Å². The van der Waals surface area contributed by atoms with Crippen LogP contribution in [-0.4, -0.2) is 42.0 Å². The minimum absolute atomic E-state index is 0.217. The third-order valence-electron chi connectivity index (χ3n) is 5.01. The van der Waals surface area contributed by atoms with Crippen LogP contribution in [-0.2, 0) is 11.2 Å². The number of piperazine rings is 1. The minimum Gasteiger partial charge on any atom is -0.345 e. The number of hydrogen-bond acceptors (Lipinski definition) is 4. The van der Waals surface area contributed by atoms with Crippen LogP contribution in [0, 0.1) is 5.82 Å². The second-order valence-electron chi connectivity index (χ2n) is 6.88. The third kappa shape index (κ3) is 4.39. The lowest BCUT2D eigenvalue weighted by Crippen LogP contribution is -2.48. The summed E-state index contributed by atoms with van der Waals surface area (Å²) >= 11 is 1.59. The zero-order valence-electron chi connectivity index (χ0n) is 15.6. The molecule has 1 aliphatic heterocycles. The van der Waals surface area contributed by atoms with Crippen LogP contribution >= 0.6 is 11.3 Å². The van der Waals surface area contributed by atoms with Crippen molar-refractivity contribution in [3.63, 3.8) is 0 Å². The minimum atomic E-state index is -0.243. The molecule has 2 aromatic carbocycles. The number of rotatable bonds is 5. The number of anilines is 1. The molecule has 0 unspecified atom stereocenters. The zero-order valence-corrected chi connectivity index (χ0v) is 16.4. The van der Waals surface area contributed by atoms with Crippen molar-refractivity contribution in [3.05, 3.63) is 71.4 Å². The van der Waals surface area contributed by atoms with Crippen LogP contribution in [0.3, 0.4) is 0 Å². The van der Waals surface area contributed by atoms with E-state index in [0.29, 0.717) is 6.42 Å². The Morgan fingerprint density at radius 2 is 1.71 bits per heavy atom. The lowest BCUT2D eigenvalue weighted by atomic mass is 10.1. The van der Waals surface area contributed by atoms with Gasteiger partial charge in [0.1, 0.15) is 5.82 Å². The Bertz CT molecular complexity index is 918. The molecule has 0 atom stereocenters. The molecule has 0 bridgehead atoms. The molecule has 1 saturated heterocycles. The molecule has 144 valence electrons. The number of halogens is 1. The standard InChI is InChI=1S/C22H22FN3OS/c23-19-9-7-18(8-10-19)20-16-28-22(24-20)26-14-12-25(13-15-26)21(27)11-6-17-4-2-1-3-5-17/h1-5,7-10,16H,6,11-15H2. The molecule has 0 aliphatic carbocycles. The van der Waals surface area contributed by atoms with E-state index in [4.69, 9.17) is 4.98 Å². The number of hydrogen-bond donors (Lipinski definition) is 0. The normalized spacial score (nSPS) is 14.3. The Kier molecular flexibility index (Phi) is 5.67. The number of thiazole rings is 1. The van der Waals surface area contributed by atoms with Crippen molar-refractivity contribution in [2.75, 3.05) is 31.1 Å². The van der Waals surface area contributed by atoms with Gasteiger partial charge in [-0.3, -0.25) is 4.79 Å². The van der Waals surface area contributed by atoms with Gasteiger partial charge in [-0.1, -0.05) is 30.3 Å². The van der Waals surface area contributed by atoms with Crippen molar-refractivity contribution < 1.29 is 9.18 Å². The molecule has 1 fully saturated rings. The highest BCUT2D eigenvalue weighted by Gasteiger charge is 2.22. The van der Waals surface area contributed by atoms with E-state index in [9.17, 15) is 9.18 Å². The van der Waals surface area contributed by atoms with E-state index in [0.717, 1.165) is 49.0 Å². The number of benzene rings is 2. The van der Waals surface area contributed by atoms with Gasteiger partial charge in [-0.15, -0.1) is 11.3 Å². The molecule has 3 aromatic rings. The van der Waals surface area contributed by atoms with E-state index < -0.39 is 0 Å². The molecule has 1 aromatic heterocycles. The third-order valence-corrected chi connectivity index (χ3v) is 5.91. The highest BCUT2D eigenvalue weighted by Crippen LogP contribution is 2.28. The Morgan fingerprint density at radius 1 is 1.00 bits per heavy atom. The summed E-state index contributed by atoms with van der Waals surface area (Å²) < 4.78 is 13.1. The maximum absolute atomic E-state index is 13.1. The van der Waals surface area contributed by atoms with Crippen LogP contribution in [0.25, 0.3) is 11.3 Å². The summed E-state index contributed by atoms with van der Waals surface area (Å²) in [5.41, 5.74) is 2.98. The van der Waals surface area contributed by atoms with Crippen LogP contribution in [0.4, 0.5) is 9.52 Å². The first-order valence-corrected chi connectivity index (χ1v) is 10.3. The van der Waals surface area contributed by atoms with E-state index >= 15 is 0 Å². The van der Waals surface area contributed by atoms with Gasteiger partial charge in [0.25, 0.3) is 0 Å². The Morgan fingerprint density at radius 3 is 2.43 bits per heavy atom. The van der Waals surface area contributed by atoms with Gasteiger partial charge in [-0.2, -0.15) is 0 Å². The highest BCUT2D eigenvalue weighted by molar-refractivity contribution is 7.14. The quantitative estimate of drug-likeness (QED) is 0.649. The summed E-state index contributed by atoms with van der Waals surface area (Å²) in [6.45, 7) is 3.01. The number of aryl methyl sites for hydroxylation is 1. The number of carbonyl (C=O) groups is 1. The summed E-state index contributed by atoms with van der Waals surface area (Å²) in [5.74, 6) is -0.0260. The smallest absolute Gasteiger partial charge is 0.223 e. The van der Waals surface area contributed by atoms with E-state index in [1.165, 1.54) is 17.7 Å². The molecule has 1 amide bonds. The molecular formula is C22H22FN3OS. The van der Waals surface area contributed by atoms with Gasteiger partial charge >= 0.3 is 0 Å². The molecule has 0 spiro atoms. The van der Waals surface area contributed by atoms with Crippen LogP contribution in [0.1, 0.15) is 12.0 Å². The molecule has 0 N–H and O–H groups in total. The van der Waals surface area contributed by atoms with Crippen molar-refractivity contribution in [1.82, 2.24) is 9.88 Å². The predicted molar refractivity (Wildman–Crippen MR) is 111 cm³/mol. The molecule has 28 heavy (non-hydrogen) atoms. The fraction of sp³-hybridized carbons (Fsp3) is 0.273. The Labute approximate surface area is 168 Å². The summed E-state index contributed by atoms with van der Waals surface area (Å²) in [6, 6.07) is 16.5. The van der Waals surface area contributed by atoms with E-state index in [1.54, 1.807) is 23.5 Å². The van der Waals surface area contributed by atoms with Gasteiger partial charge in [0.2, 0.25) is 5.91 Å². The number of amides is 1. The molecule has 1 aliphatic rings. The SMILES string of the molecule is O=C(CCc1ccccc1)N1CCN(c2nc(-c3ccc(F)cc3)cs2)CC1. The molecule has 4 nitrogen and oxygen atoms in total. The molecule has 4 rings (SSSR count). The average molecular weight is 396 g/mol. The molecule has 2 heterocycles. The van der Waals surface area contributed by atoms with Crippen molar-refractivity contribution in [2.24, 2.45) is 0 Å². The molecular weight excluding hydrogens is 373 g/mol. The second kappa shape index (κ2) is 8.52. The van der Waals surface area contributed by atoms with Crippen molar-refractivity contribution in [3.8, 4) is 11.3 Å². The largest absolute Gasteiger partial charge is 0.345 e. The summed E-state index contributed by atoms with van der Waals surface area (Å²) in [6.07, 6.45) is 1.34. The fourth-order valence-corrected chi connectivity index (χ4v) is 4.25. The monoisotopic (exact) mass is 395 g/mol. The lowest BCUT2D eigenvalue weighted by molar-refractivity contribution is -0.131. The van der Waals surface area contributed by atoms with Gasteiger partial charge in [0, 0.05) is 43.5 Å². The zero-order chi connectivity index (χ0) is 19.3. The van der Waals surface area contributed by atoms with Crippen LogP contribution < -0.4 is 4.90 Å². The lowest BCUT2D eigenvalue weighted by Gasteiger charge is -2.34. The number of carbonyl (C=O) groups excluding carboxylic acids is 1. The predicted octanol–water partition coefficient (Wildman–Crippen LogP) is 4.23. The second-order valence-corrected chi connectivity index (χ2v) is 7.71. The Hall–Kier alpha value is -2.73. The maximum atomic E-state index is 13.1. The summed E-state index contributed by atoms with van der Waals surface area (Å²) in [7, 11) is 0. The first kappa shape index (κ1) is 18.6. The van der Waals surface area contributed by atoms with Crippen LogP contribution in [0.15, 0.2) is 60.0 Å². The van der Waals surface area contributed by atoms with Crippen LogP contribution in [0.5, 0.6) is 0 Å². The topological polar surface area (TPSA) is 36.4 Å². The number of aromatic nitrogens is 1. The van der Waals surface area contributed by atoms with Crippen molar-refractivity contribution in [1.29, 1.82) is 0 Å². The van der Waals surface area contributed by atoms with Crippen molar-refractivity contribution >= 4 is 22.4 Å². The molecule has 6 heteroatoms. The van der Waals surface area contributed by atoms with Crippen LogP contribution in [0.2, 0.25) is 0 Å². The van der Waals surface area contributed by atoms with Gasteiger partial charge in [0.05, 0.1) is 5.69 Å². The van der Waals surface area contributed by atoms with E-state index in [-0.39, 0.29) is 11.7 Å². The first-order valence-electron chi connectivity index (χ1n) is 9.47. The van der Waals surface area contributed by atoms with Crippen molar-refractivity contribution in [2.45, 2.75) is 12.8 Å². The van der Waals surface area contributed by atoms with Gasteiger partial charge in [-0.25, -0.2) is 9.37 Å². The maximum Gasteiger partial charge on any atom is 0.223 e. The number of nitrogens with zero attached hydrogens (tertiary/aromatic N) is 3. The summed E-state index contributed by atoms with van der Waals surface area (Å²) in [4.78, 5) is 21.4. The van der Waals surface area contributed by atoms with Gasteiger partial charge in [0.15, 0.2) is 5.13 Å². The Balaban J connectivity index is 1.30. The molecule has 0 radical (unpaired) electrons. The fourth-order valence-electron chi connectivity index (χ4n) is 3.36. The first-order chi connectivity index (χ1) is 13.7. The summed E-state index contributed by atoms with van der Waals surface area (Å²) in [5, 5.41) is 2.95. The van der Waals surface area contributed by atoms with Gasteiger partial charge in [-0.05, 0) is 36.2 Å². The molecule has 0 saturated carbocycles. The highest BCUT2D eigenvalue weighted by atomic mass is 32.1. The van der Waals surface area contributed by atoms with Gasteiger partial charge < -0.3 is 9.80 Å².